The molecule has 9 heteroatoms. The maximum atomic E-state index is 10.2. The number of hydrogen-bond acceptors (Lipinski definition) is 8. The molecule has 0 saturated heterocycles. The molecule has 2 N–H and O–H groups in total. The molecule has 1 aromatic heterocycles. The number of hydrogen-bond donors (Lipinski definition) is 2. The number of aromatic nitrogens is 4. The fourth-order valence-electron chi connectivity index (χ4n) is 2.60. The molecule has 1 heterocycles. The van der Waals surface area contributed by atoms with Crippen molar-refractivity contribution in [3.8, 4) is 23.2 Å². The van der Waals surface area contributed by atoms with Crippen molar-refractivity contribution in [2.75, 3.05) is 27.4 Å². The molecule has 0 amide bonds. The van der Waals surface area contributed by atoms with E-state index in [-0.39, 0.29) is 12.6 Å². The quantitative estimate of drug-likeness (QED) is 0.537. The average molecular weight is 385 g/mol. The molecular formula is C19H23N5O4. The van der Waals surface area contributed by atoms with Crippen molar-refractivity contribution in [1.82, 2.24) is 25.5 Å². The summed E-state index contributed by atoms with van der Waals surface area (Å²) in [6.07, 6.45) is -0.721. The van der Waals surface area contributed by atoms with Crippen LogP contribution >= 0.6 is 0 Å². The highest BCUT2D eigenvalue weighted by Gasteiger charge is 2.12. The number of aliphatic hydroxyl groups excluding tert-OH is 1. The topological polar surface area (TPSA) is 104 Å². The average Bonchev–Trinajstić information content (AvgIpc) is 3.21. The van der Waals surface area contributed by atoms with Crippen LogP contribution in [0.5, 0.6) is 17.5 Å². The zero-order chi connectivity index (χ0) is 19.8. The van der Waals surface area contributed by atoms with E-state index in [2.05, 4.69) is 20.8 Å². The van der Waals surface area contributed by atoms with Gasteiger partial charge in [0.25, 0.3) is 0 Å². The van der Waals surface area contributed by atoms with Crippen LogP contribution in [0.3, 0.4) is 0 Å². The first-order chi connectivity index (χ1) is 13.7. The lowest BCUT2D eigenvalue weighted by Gasteiger charge is -2.14. The molecular weight excluding hydrogens is 362 g/mol. The summed E-state index contributed by atoms with van der Waals surface area (Å²) in [6.45, 7) is 0.979. The second-order valence-electron chi connectivity index (χ2n) is 5.99. The van der Waals surface area contributed by atoms with E-state index in [0.717, 1.165) is 11.3 Å². The van der Waals surface area contributed by atoms with Gasteiger partial charge in [-0.15, -0.1) is 0 Å². The lowest BCUT2D eigenvalue weighted by atomic mass is 10.2. The summed E-state index contributed by atoms with van der Waals surface area (Å²) < 4.78 is 17.6. The van der Waals surface area contributed by atoms with Crippen LogP contribution in [0.2, 0.25) is 0 Å². The van der Waals surface area contributed by atoms with Crippen molar-refractivity contribution in [3.05, 3.63) is 54.1 Å². The number of methoxy groups -OCH3 is 2. The zero-order valence-electron chi connectivity index (χ0n) is 15.8. The van der Waals surface area contributed by atoms with Crippen LogP contribution < -0.4 is 19.5 Å². The normalized spacial score (nSPS) is 11.8. The Morgan fingerprint density at radius 2 is 1.86 bits per heavy atom. The Bertz CT molecular complexity index is 872. The minimum Gasteiger partial charge on any atom is -0.493 e. The molecule has 0 aliphatic heterocycles. The summed E-state index contributed by atoms with van der Waals surface area (Å²) in [4.78, 5) is 0. The van der Waals surface area contributed by atoms with Gasteiger partial charge in [0.2, 0.25) is 0 Å². The van der Waals surface area contributed by atoms with Crippen molar-refractivity contribution in [1.29, 1.82) is 0 Å². The fraction of sp³-hybridized carbons (Fsp3) is 0.316. The molecule has 1 unspecified atom stereocenters. The third-order valence-corrected chi connectivity index (χ3v) is 4.00. The molecule has 0 aliphatic carbocycles. The van der Waals surface area contributed by atoms with Crippen molar-refractivity contribution in [3.63, 3.8) is 0 Å². The third-order valence-electron chi connectivity index (χ3n) is 4.00. The maximum absolute atomic E-state index is 10.2. The first kappa shape index (κ1) is 19.6. The van der Waals surface area contributed by atoms with E-state index >= 15 is 0 Å². The maximum Gasteiger partial charge on any atom is 0.340 e. The predicted molar refractivity (Wildman–Crippen MR) is 102 cm³/mol. The van der Waals surface area contributed by atoms with Gasteiger partial charge in [-0.05, 0) is 40.3 Å². The number of nitrogens with one attached hydrogen (secondary N) is 1. The highest BCUT2D eigenvalue weighted by Crippen LogP contribution is 2.27. The molecule has 0 spiro atoms. The van der Waals surface area contributed by atoms with Crippen molar-refractivity contribution in [2.45, 2.75) is 12.6 Å². The number of ether oxygens (including phenoxy) is 3. The molecule has 0 saturated carbocycles. The monoisotopic (exact) mass is 385 g/mol. The molecule has 2 aromatic carbocycles. The van der Waals surface area contributed by atoms with E-state index in [0.29, 0.717) is 24.6 Å². The largest absolute Gasteiger partial charge is 0.493 e. The van der Waals surface area contributed by atoms with Gasteiger partial charge >= 0.3 is 6.01 Å². The van der Waals surface area contributed by atoms with Crippen molar-refractivity contribution >= 4 is 0 Å². The minimum atomic E-state index is -0.721. The van der Waals surface area contributed by atoms with Gasteiger partial charge in [0, 0.05) is 13.1 Å². The molecule has 28 heavy (non-hydrogen) atoms. The van der Waals surface area contributed by atoms with Gasteiger partial charge in [0.1, 0.15) is 12.7 Å². The van der Waals surface area contributed by atoms with Crippen LogP contribution in [0.25, 0.3) is 5.69 Å². The summed E-state index contributed by atoms with van der Waals surface area (Å²) in [5.41, 5.74) is 1.79. The summed E-state index contributed by atoms with van der Waals surface area (Å²) in [5.74, 6) is 1.34. The Balaban J connectivity index is 1.47. The first-order valence-electron chi connectivity index (χ1n) is 8.77. The van der Waals surface area contributed by atoms with Gasteiger partial charge in [0.15, 0.2) is 11.5 Å². The first-order valence-corrected chi connectivity index (χ1v) is 8.77. The van der Waals surface area contributed by atoms with Gasteiger partial charge in [-0.25, -0.2) is 0 Å². The van der Waals surface area contributed by atoms with Crippen LogP contribution in [0, 0.1) is 0 Å². The van der Waals surface area contributed by atoms with Crippen LogP contribution in [-0.2, 0) is 6.54 Å². The molecule has 0 radical (unpaired) electrons. The lowest BCUT2D eigenvalue weighted by molar-refractivity contribution is 0.0992. The summed E-state index contributed by atoms with van der Waals surface area (Å²) >= 11 is 0. The number of benzene rings is 2. The summed E-state index contributed by atoms with van der Waals surface area (Å²) in [6, 6.07) is 15.3. The zero-order valence-corrected chi connectivity index (χ0v) is 15.8. The van der Waals surface area contributed by atoms with E-state index in [1.807, 2.05) is 48.5 Å². The lowest BCUT2D eigenvalue weighted by Crippen LogP contribution is -2.31. The molecule has 0 fully saturated rings. The summed E-state index contributed by atoms with van der Waals surface area (Å²) in [7, 11) is 3.19. The Hall–Kier alpha value is -3.17. The van der Waals surface area contributed by atoms with Crippen molar-refractivity contribution in [2.24, 2.45) is 0 Å². The molecule has 9 nitrogen and oxygen atoms in total. The van der Waals surface area contributed by atoms with E-state index in [9.17, 15) is 5.11 Å². The van der Waals surface area contributed by atoms with Gasteiger partial charge in [-0.2, -0.15) is 4.68 Å². The number of rotatable bonds is 10. The Morgan fingerprint density at radius 1 is 1.07 bits per heavy atom. The van der Waals surface area contributed by atoms with E-state index in [1.54, 1.807) is 14.2 Å². The highest BCUT2D eigenvalue weighted by molar-refractivity contribution is 5.42. The molecule has 0 aliphatic rings. The van der Waals surface area contributed by atoms with Crippen LogP contribution in [0.1, 0.15) is 5.56 Å². The Kier molecular flexibility index (Phi) is 6.77. The molecule has 0 bridgehead atoms. The summed E-state index contributed by atoms with van der Waals surface area (Å²) in [5, 5.41) is 24.7. The van der Waals surface area contributed by atoms with Crippen molar-refractivity contribution < 1.29 is 19.3 Å². The Labute approximate surface area is 162 Å². The van der Waals surface area contributed by atoms with Gasteiger partial charge < -0.3 is 24.6 Å². The van der Waals surface area contributed by atoms with Crippen LogP contribution in [0.4, 0.5) is 0 Å². The minimum absolute atomic E-state index is 0.0616. The van der Waals surface area contributed by atoms with Gasteiger partial charge in [-0.1, -0.05) is 29.4 Å². The molecule has 3 aromatic rings. The third kappa shape index (κ3) is 4.96. The standard InChI is InChI=1S/C19H23N5O4/c1-26-17-9-8-14(10-18(17)27-2)11-20-12-16(25)13-28-19-21-22-23-24(19)15-6-4-3-5-7-15/h3-10,16,20,25H,11-13H2,1-2H3. The SMILES string of the molecule is COc1ccc(CNCC(O)COc2nnnn2-c2ccccc2)cc1OC. The van der Waals surface area contributed by atoms with Gasteiger partial charge in [-0.3, -0.25) is 0 Å². The smallest absolute Gasteiger partial charge is 0.340 e. The highest BCUT2D eigenvalue weighted by atomic mass is 16.5. The molecule has 3 rings (SSSR count). The van der Waals surface area contributed by atoms with E-state index in [4.69, 9.17) is 14.2 Å². The fourth-order valence-corrected chi connectivity index (χ4v) is 2.60. The van der Waals surface area contributed by atoms with E-state index < -0.39 is 6.10 Å². The van der Waals surface area contributed by atoms with Gasteiger partial charge in [0.05, 0.1) is 19.9 Å². The number of nitrogens with zero attached hydrogens (tertiary/aromatic N) is 4. The second-order valence-corrected chi connectivity index (χ2v) is 5.99. The van der Waals surface area contributed by atoms with Crippen LogP contribution in [0.15, 0.2) is 48.5 Å². The number of aliphatic hydroxyl groups is 1. The number of tetrazole rings is 1. The number of para-hydroxylation sites is 1. The van der Waals surface area contributed by atoms with Crippen LogP contribution in [-0.4, -0.2) is 58.8 Å². The Morgan fingerprint density at radius 3 is 2.61 bits per heavy atom. The molecule has 148 valence electrons. The molecule has 1 atom stereocenters. The van der Waals surface area contributed by atoms with E-state index in [1.165, 1.54) is 4.68 Å². The predicted octanol–water partition coefficient (Wildman–Crippen LogP) is 1.21. The second kappa shape index (κ2) is 9.67.